The number of fused-ring (bicyclic) bond motifs is 3. The lowest BCUT2D eigenvalue weighted by Crippen LogP contribution is -2.29. The second kappa shape index (κ2) is 7.72. The van der Waals surface area contributed by atoms with Crippen molar-refractivity contribution in [3.05, 3.63) is 112 Å². The van der Waals surface area contributed by atoms with Crippen LogP contribution in [-0.4, -0.2) is 10.8 Å². The quantitative estimate of drug-likeness (QED) is 0.329. The van der Waals surface area contributed by atoms with Gasteiger partial charge in [-0.25, -0.2) is 0 Å². The second-order valence-electron chi connectivity index (χ2n) is 7.91. The maximum Gasteiger partial charge on any atom is 0.274 e. The summed E-state index contributed by atoms with van der Waals surface area (Å²) < 4.78 is 0. The van der Waals surface area contributed by atoms with Gasteiger partial charge in [0.25, 0.3) is 11.6 Å². The molecular weight excluding hydrogens is 390 g/mol. The highest BCUT2D eigenvalue weighted by Gasteiger charge is 2.40. The van der Waals surface area contributed by atoms with E-state index in [4.69, 9.17) is 0 Å². The molecule has 3 atom stereocenters. The van der Waals surface area contributed by atoms with Crippen LogP contribution in [0.2, 0.25) is 0 Å². The van der Waals surface area contributed by atoms with Crippen LogP contribution in [0.1, 0.15) is 39.9 Å². The molecule has 6 nitrogen and oxygen atoms in total. The van der Waals surface area contributed by atoms with E-state index in [1.165, 1.54) is 0 Å². The molecule has 31 heavy (non-hydrogen) atoms. The van der Waals surface area contributed by atoms with E-state index in [9.17, 15) is 14.9 Å². The van der Waals surface area contributed by atoms with Gasteiger partial charge in [0.1, 0.15) is 0 Å². The molecule has 3 aromatic rings. The fraction of sp³-hybridized carbons (Fsp3) is 0.160. The third-order valence-electron chi connectivity index (χ3n) is 6.13. The van der Waals surface area contributed by atoms with E-state index in [1.807, 2.05) is 48.5 Å². The van der Waals surface area contributed by atoms with Crippen LogP contribution in [0, 0.1) is 16.0 Å². The first-order valence-corrected chi connectivity index (χ1v) is 10.3. The Balaban J connectivity index is 1.47. The zero-order valence-electron chi connectivity index (χ0n) is 16.7. The molecule has 0 radical (unpaired) electrons. The number of benzene rings is 3. The molecule has 1 aliphatic carbocycles. The molecule has 6 heteroatoms. The predicted octanol–water partition coefficient (Wildman–Crippen LogP) is 5.67. The molecule has 0 bridgehead atoms. The normalized spacial score (nSPS) is 21.0. The summed E-state index contributed by atoms with van der Waals surface area (Å²) in [4.78, 5) is 23.8. The summed E-state index contributed by atoms with van der Waals surface area (Å²) in [6.45, 7) is 0. The van der Waals surface area contributed by atoms with Crippen LogP contribution in [0.25, 0.3) is 0 Å². The van der Waals surface area contributed by atoms with Crippen molar-refractivity contribution in [3.63, 3.8) is 0 Å². The Morgan fingerprint density at radius 3 is 2.58 bits per heavy atom. The van der Waals surface area contributed by atoms with Crippen molar-refractivity contribution in [2.75, 3.05) is 10.6 Å². The molecule has 2 aliphatic rings. The highest BCUT2D eigenvalue weighted by Crippen LogP contribution is 2.51. The zero-order valence-corrected chi connectivity index (χ0v) is 16.7. The molecule has 3 aromatic carbocycles. The van der Waals surface area contributed by atoms with Gasteiger partial charge in [-0.15, -0.1) is 0 Å². The topological polar surface area (TPSA) is 84.3 Å². The molecule has 1 amide bonds. The number of nitrogens with one attached hydrogen (secondary N) is 2. The zero-order chi connectivity index (χ0) is 21.4. The van der Waals surface area contributed by atoms with Gasteiger partial charge < -0.3 is 10.6 Å². The Kier molecular flexibility index (Phi) is 4.75. The Labute approximate surface area is 179 Å². The standard InChI is InChI=1S/C25H21N3O3/c29-25(16-7-2-1-3-8-16)26-17-13-14-22-21(15-17)18-10-6-11-19(18)24(27-22)20-9-4-5-12-23(20)28(30)31/h1-10,12-15,18-19,24,27H,11H2,(H,26,29). The van der Waals surface area contributed by atoms with Gasteiger partial charge in [0.05, 0.1) is 16.5 Å². The molecule has 5 rings (SSSR count). The van der Waals surface area contributed by atoms with Crippen LogP contribution in [0.3, 0.4) is 0 Å². The maximum atomic E-state index is 12.5. The largest absolute Gasteiger partial charge is 0.377 e. The van der Waals surface area contributed by atoms with E-state index < -0.39 is 0 Å². The Morgan fingerprint density at radius 2 is 1.77 bits per heavy atom. The molecular formula is C25H21N3O3. The lowest BCUT2D eigenvalue weighted by Gasteiger charge is -2.37. The van der Waals surface area contributed by atoms with Crippen molar-refractivity contribution in [2.45, 2.75) is 18.4 Å². The first-order valence-electron chi connectivity index (χ1n) is 10.3. The Hall–Kier alpha value is -3.93. The van der Waals surface area contributed by atoms with Crippen molar-refractivity contribution in [1.29, 1.82) is 0 Å². The number of allylic oxidation sites excluding steroid dienone is 2. The predicted molar refractivity (Wildman–Crippen MR) is 120 cm³/mol. The van der Waals surface area contributed by atoms with Crippen LogP contribution in [0.15, 0.2) is 84.9 Å². The maximum absolute atomic E-state index is 12.5. The van der Waals surface area contributed by atoms with E-state index in [1.54, 1.807) is 24.3 Å². The van der Waals surface area contributed by atoms with Crippen molar-refractivity contribution in [1.82, 2.24) is 0 Å². The van der Waals surface area contributed by atoms with Crippen LogP contribution in [-0.2, 0) is 0 Å². The third-order valence-corrected chi connectivity index (χ3v) is 6.13. The fourth-order valence-electron chi connectivity index (χ4n) is 4.69. The van der Waals surface area contributed by atoms with Gasteiger partial charge in [-0.1, -0.05) is 48.6 Å². The van der Waals surface area contributed by atoms with E-state index in [0.717, 1.165) is 23.4 Å². The summed E-state index contributed by atoms with van der Waals surface area (Å²) in [6.07, 6.45) is 5.16. The fourth-order valence-corrected chi connectivity index (χ4v) is 4.69. The number of carbonyl (C=O) groups is 1. The van der Waals surface area contributed by atoms with Crippen molar-refractivity contribution >= 4 is 23.0 Å². The van der Waals surface area contributed by atoms with E-state index in [0.29, 0.717) is 11.1 Å². The number of para-hydroxylation sites is 1. The number of carbonyl (C=O) groups excluding carboxylic acids is 1. The number of hydrogen-bond acceptors (Lipinski definition) is 4. The summed E-state index contributed by atoms with van der Waals surface area (Å²) in [5.74, 6) is 0.156. The van der Waals surface area contributed by atoms with Crippen molar-refractivity contribution in [3.8, 4) is 0 Å². The molecule has 0 fully saturated rings. The molecule has 0 saturated heterocycles. The number of amides is 1. The smallest absolute Gasteiger partial charge is 0.274 e. The molecule has 1 heterocycles. The Bertz CT molecular complexity index is 1190. The Morgan fingerprint density at radius 1 is 1.00 bits per heavy atom. The lowest BCUT2D eigenvalue weighted by molar-refractivity contribution is -0.385. The molecule has 0 aromatic heterocycles. The van der Waals surface area contributed by atoms with Crippen LogP contribution in [0.5, 0.6) is 0 Å². The third kappa shape index (κ3) is 3.46. The summed E-state index contributed by atoms with van der Waals surface area (Å²) in [5.41, 5.74) is 4.22. The van der Waals surface area contributed by atoms with Gasteiger partial charge in [0, 0.05) is 28.9 Å². The van der Waals surface area contributed by atoms with Crippen LogP contribution < -0.4 is 10.6 Å². The SMILES string of the molecule is O=C(Nc1ccc2c(c1)C1C=CCC1C(c1ccccc1[N+](=O)[O-])N2)c1ccccc1. The summed E-state index contributed by atoms with van der Waals surface area (Å²) in [6, 6.07) is 21.7. The highest BCUT2D eigenvalue weighted by molar-refractivity contribution is 6.04. The summed E-state index contributed by atoms with van der Waals surface area (Å²) >= 11 is 0. The molecule has 0 saturated carbocycles. The summed E-state index contributed by atoms with van der Waals surface area (Å²) in [5, 5.41) is 18.1. The average Bonchev–Trinajstić information content (AvgIpc) is 3.29. The number of anilines is 2. The molecule has 1 aliphatic heterocycles. The van der Waals surface area contributed by atoms with Gasteiger partial charge in [0.2, 0.25) is 0 Å². The average molecular weight is 411 g/mol. The minimum absolute atomic E-state index is 0.134. The van der Waals surface area contributed by atoms with E-state index in [2.05, 4.69) is 22.8 Å². The number of nitro benzene ring substituents is 1. The minimum atomic E-state index is -0.313. The molecule has 154 valence electrons. The highest BCUT2D eigenvalue weighted by atomic mass is 16.6. The van der Waals surface area contributed by atoms with Gasteiger partial charge in [-0.05, 0) is 48.2 Å². The van der Waals surface area contributed by atoms with Gasteiger partial charge in [0.15, 0.2) is 0 Å². The van der Waals surface area contributed by atoms with Crippen molar-refractivity contribution < 1.29 is 9.72 Å². The van der Waals surface area contributed by atoms with Gasteiger partial charge in [-0.2, -0.15) is 0 Å². The number of hydrogen-bond donors (Lipinski definition) is 2. The first kappa shape index (κ1) is 19.1. The van der Waals surface area contributed by atoms with Crippen molar-refractivity contribution in [2.24, 2.45) is 5.92 Å². The van der Waals surface area contributed by atoms with E-state index in [-0.39, 0.29) is 34.4 Å². The monoisotopic (exact) mass is 411 g/mol. The van der Waals surface area contributed by atoms with Gasteiger partial charge in [-0.3, -0.25) is 14.9 Å². The first-order chi connectivity index (χ1) is 15.1. The molecule has 3 unspecified atom stereocenters. The van der Waals surface area contributed by atoms with Gasteiger partial charge >= 0.3 is 0 Å². The van der Waals surface area contributed by atoms with Crippen LogP contribution >= 0.6 is 0 Å². The van der Waals surface area contributed by atoms with Crippen LogP contribution in [0.4, 0.5) is 17.1 Å². The number of rotatable bonds is 4. The molecule has 0 spiro atoms. The molecule has 2 N–H and O–H groups in total. The van der Waals surface area contributed by atoms with E-state index >= 15 is 0 Å². The summed E-state index contributed by atoms with van der Waals surface area (Å²) in [7, 11) is 0. The lowest BCUT2D eigenvalue weighted by atomic mass is 9.76. The number of nitro groups is 1. The second-order valence-corrected chi connectivity index (χ2v) is 7.91. The minimum Gasteiger partial charge on any atom is -0.377 e. The number of nitrogens with zero attached hydrogens (tertiary/aromatic N) is 1.